The molecule has 0 aliphatic heterocycles. The maximum absolute atomic E-state index is 13.4. The molecule has 0 unspecified atom stereocenters. The fraction of sp³-hybridized carbons (Fsp3) is 0.462. The van der Waals surface area contributed by atoms with Crippen molar-refractivity contribution < 1.29 is 17.6 Å². The maximum Gasteiger partial charge on any atom is 0.240 e. The number of halogens is 1. The minimum Gasteiger partial charge on any atom is -0.294 e. The first kappa shape index (κ1) is 14.1. The minimum absolute atomic E-state index is 0.0594. The highest BCUT2D eigenvalue weighted by atomic mass is 32.2. The number of carbonyl (C=O) groups excluding carboxylic acids is 1. The summed E-state index contributed by atoms with van der Waals surface area (Å²) in [7, 11) is -3.69. The molecule has 4 nitrogen and oxygen atoms in total. The van der Waals surface area contributed by atoms with E-state index >= 15 is 0 Å². The van der Waals surface area contributed by atoms with Crippen molar-refractivity contribution in [3.8, 4) is 0 Å². The average Bonchev–Trinajstić information content (AvgIpc) is 2.80. The molecule has 1 aromatic carbocycles. The summed E-state index contributed by atoms with van der Waals surface area (Å²) in [5.41, 5.74) is -0.200. The van der Waals surface area contributed by atoms with Gasteiger partial charge in [-0.3, -0.25) is 4.79 Å². The number of Topliss-reactive ketones (excluding diaryl/α,β-unsaturated/α-hetero) is 1. The van der Waals surface area contributed by atoms with E-state index < -0.39 is 21.6 Å². The van der Waals surface area contributed by atoms with E-state index in [0.29, 0.717) is 0 Å². The zero-order valence-corrected chi connectivity index (χ0v) is 11.5. The van der Waals surface area contributed by atoms with Crippen molar-refractivity contribution in [2.75, 3.05) is 0 Å². The second kappa shape index (κ2) is 5.38. The predicted octanol–water partition coefficient (Wildman–Crippen LogP) is 2.25. The van der Waals surface area contributed by atoms with E-state index in [2.05, 4.69) is 4.72 Å². The van der Waals surface area contributed by atoms with E-state index in [0.717, 1.165) is 37.8 Å². The number of hydrogen-bond acceptors (Lipinski definition) is 3. The van der Waals surface area contributed by atoms with Crippen LogP contribution in [-0.2, 0) is 10.0 Å². The third-order valence-corrected chi connectivity index (χ3v) is 4.82. The first-order chi connectivity index (χ1) is 8.90. The van der Waals surface area contributed by atoms with Gasteiger partial charge in [0.15, 0.2) is 5.78 Å². The van der Waals surface area contributed by atoms with E-state index in [1.165, 1.54) is 13.0 Å². The monoisotopic (exact) mass is 285 g/mol. The Morgan fingerprint density at radius 1 is 1.32 bits per heavy atom. The van der Waals surface area contributed by atoms with Crippen LogP contribution in [0.15, 0.2) is 23.1 Å². The molecule has 0 amide bonds. The lowest BCUT2D eigenvalue weighted by molar-refractivity contribution is 0.101. The summed E-state index contributed by atoms with van der Waals surface area (Å²) < 4.78 is 40.2. The minimum atomic E-state index is -3.69. The molecule has 0 atom stereocenters. The van der Waals surface area contributed by atoms with Gasteiger partial charge in [0, 0.05) is 6.04 Å². The summed E-state index contributed by atoms with van der Waals surface area (Å²) in [5, 5.41) is 0. The summed E-state index contributed by atoms with van der Waals surface area (Å²) in [5.74, 6) is -1.19. The highest BCUT2D eigenvalue weighted by molar-refractivity contribution is 7.89. The van der Waals surface area contributed by atoms with E-state index in [-0.39, 0.29) is 16.5 Å². The second-order valence-corrected chi connectivity index (χ2v) is 6.51. The third kappa shape index (κ3) is 3.19. The molecule has 1 saturated carbocycles. The van der Waals surface area contributed by atoms with E-state index in [4.69, 9.17) is 0 Å². The number of sulfonamides is 1. The summed E-state index contributed by atoms with van der Waals surface area (Å²) in [6, 6.07) is 3.23. The smallest absolute Gasteiger partial charge is 0.240 e. The first-order valence-corrected chi connectivity index (χ1v) is 7.71. The number of rotatable bonds is 4. The lowest BCUT2D eigenvalue weighted by Gasteiger charge is -2.13. The molecule has 2 rings (SSSR count). The Kier molecular flexibility index (Phi) is 4.01. The van der Waals surface area contributed by atoms with Crippen LogP contribution in [0.4, 0.5) is 4.39 Å². The molecular formula is C13H16FNO3S. The van der Waals surface area contributed by atoms with Crippen LogP contribution in [0.25, 0.3) is 0 Å². The van der Waals surface area contributed by atoms with Crippen molar-refractivity contribution in [3.05, 3.63) is 29.6 Å². The van der Waals surface area contributed by atoms with Crippen LogP contribution in [0, 0.1) is 5.82 Å². The molecule has 0 bridgehead atoms. The van der Waals surface area contributed by atoms with Crippen LogP contribution in [0.5, 0.6) is 0 Å². The molecule has 0 spiro atoms. The third-order valence-electron chi connectivity index (χ3n) is 3.30. The molecule has 19 heavy (non-hydrogen) atoms. The fourth-order valence-electron chi connectivity index (χ4n) is 2.27. The van der Waals surface area contributed by atoms with Gasteiger partial charge >= 0.3 is 0 Å². The van der Waals surface area contributed by atoms with Gasteiger partial charge in [-0.1, -0.05) is 12.8 Å². The van der Waals surface area contributed by atoms with Gasteiger partial charge in [0.2, 0.25) is 10.0 Å². The van der Waals surface area contributed by atoms with Crippen LogP contribution < -0.4 is 4.72 Å². The Labute approximate surface area is 112 Å². The Hall–Kier alpha value is -1.27. The maximum atomic E-state index is 13.4. The molecule has 0 heterocycles. The lowest BCUT2D eigenvalue weighted by atomic mass is 10.1. The van der Waals surface area contributed by atoms with Gasteiger partial charge in [0.1, 0.15) is 5.82 Å². The van der Waals surface area contributed by atoms with Crippen molar-refractivity contribution in [2.24, 2.45) is 0 Å². The van der Waals surface area contributed by atoms with Gasteiger partial charge in [-0.25, -0.2) is 17.5 Å². The quantitative estimate of drug-likeness (QED) is 0.863. The molecule has 1 aliphatic rings. The molecule has 6 heteroatoms. The van der Waals surface area contributed by atoms with Crippen molar-refractivity contribution in [2.45, 2.75) is 43.5 Å². The number of hydrogen-bond donors (Lipinski definition) is 1. The summed E-state index contributed by atoms with van der Waals surface area (Å²) in [6.45, 7) is 1.21. The molecule has 1 aliphatic carbocycles. The highest BCUT2D eigenvalue weighted by Crippen LogP contribution is 2.21. The van der Waals surface area contributed by atoms with Gasteiger partial charge in [-0.05, 0) is 38.0 Å². The lowest BCUT2D eigenvalue weighted by Crippen LogP contribution is -2.32. The van der Waals surface area contributed by atoms with Crippen LogP contribution in [0.2, 0.25) is 0 Å². The molecule has 0 saturated heterocycles. The molecule has 104 valence electrons. The standard InChI is InChI=1S/C13H16FNO3S/c1-9(16)12-8-11(6-7-13(12)14)19(17,18)15-10-4-2-3-5-10/h6-8,10,15H,2-5H2,1H3. The zero-order valence-electron chi connectivity index (χ0n) is 10.6. The number of ketones is 1. The van der Waals surface area contributed by atoms with Gasteiger partial charge in [-0.15, -0.1) is 0 Å². The number of nitrogens with one attached hydrogen (secondary N) is 1. The normalized spacial score (nSPS) is 16.7. The summed E-state index contributed by atoms with van der Waals surface area (Å²) in [4.78, 5) is 11.2. The number of carbonyl (C=O) groups is 1. The SMILES string of the molecule is CC(=O)c1cc(S(=O)(=O)NC2CCCC2)ccc1F. The van der Waals surface area contributed by atoms with Crippen LogP contribution >= 0.6 is 0 Å². The Morgan fingerprint density at radius 3 is 2.53 bits per heavy atom. The van der Waals surface area contributed by atoms with Crippen molar-refractivity contribution in [3.63, 3.8) is 0 Å². The van der Waals surface area contributed by atoms with E-state index in [1.54, 1.807) is 0 Å². The van der Waals surface area contributed by atoms with Crippen molar-refractivity contribution in [1.29, 1.82) is 0 Å². The largest absolute Gasteiger partial charge is 0.294 e. The molecule has 0 aromatic heterocycles. The van der Waals surface area contributed by atoms with Gasteiger partial charge in [0.25, 0.3) is 0 Å². The average molecular weight is 285 g/mol. The van der Waals surface area contributed by atoms with Crippen LogP contribution in [0.1, 0.15) is 43.0 Å². The van der Waals surface area contributed by atoms with Gasteiger partial charge < -0.3 is 0 Å². The van der Waals surface area contributed by atoms with Crippen LogP contribution in [0.3, 0.4) is 0 Å². The van der Waals surface area contributed by atoms with Crippen molar-refractivity contribution >= 4 is 15.8 Å². The van der Waals surface area contributed by atoms with Gasteiger partial charge in [0.05, 0.1) is 10.5 Å². The molecular weight excluding hydrogens is 269 g/mol. The topological polar surface area (TPSA) is 63.2 Å². The van der Waals surface area contributed by atoms with Crippen LogP contribution in [-0.4, -0.2) is 20.2 Å². The van der Waals surface area contributed by atoms with Gasteiger partial charge in [-0.2, -0.15) is 0 Å². The van der Waals surface area contributed by atoms with Crippen molar-refractivity contribution in [1.82, 2.24) is 4.72 Å². The molecule has 1 N–H and O–H groups in total. The predicted molar refractivity (Wildman–Crippen MR) is 69.0 cm³/mol. The molecule has 0 radical (unpaired) electrons. The van der Waals surface area contributed by atoms with E-state index in [9.17, 15) is 17.6 Å². The molecule has 1 aromatic rings. The molecule has 1 fully saturated rings. The second-order valence-electron chi connectivity index (χ2n) is 4.80. The fourth-order valence-corrected chi connectivity index (χ4v) is 3.60. The summed E-state index contributed by atoms with van der Waals surface area (Å²) >= 11 is 0. The number of benzene rings is 1. The Balaban J connectivity index is 2.29. The summed E-state index contributed by atoms with van der Waals surface area (Å²) in [6.07, 6.45) is 3.66. The van der Waals surface area contributed by atoms with E-state index in [1.807, 2.05) is 0 Å². The first-order valence-electron chi connectivity index (χ1n) is 6.23. The zero-order chi connectivity index (χ0) is 14.0. The highest BCUT2D eigenvalue weighted by Gasteiger charge is 2.24. The Morgan fingerprint density at radius 2 is 1.95 bits per heavy atom. The Bertz CT molecular complexity index is 592.